The van der Waals surface area contributed by atoms with Crippen LogP contribution in [0.15, 0.2) is 23.7 Å². The van der Waals surface area contributed by atoms with Crippen LogP contribution in [0.3, 0.4) is 0 Å². The number of aromatic nitrogens is 1. The average Bonchev–Trinajstić information content (AvgIpc) is 2.92. The third kappa shape index (κ3) is 3.69. The van der Waals surface area contributed by atoms with Crippen LogP contribution in [-0.2, 0) is 6.42 Å². The lowest BCUT2D eigenvalue weighted by atomic mass is 10.1. The molecule has 0 saturated heterocycles. The molecule has 1 heterocycles. The number of benzene rings is 1. The van der Waals surface area contributed by atoms with E-state index in [1.165, 1.54) is 11.3 Å². The normalized spacial score (nSPS) is 9.86. The molecule has 21 heavy (non-hydrogen) atoms. The highest BCUT2D eigenvalue weighted by Gasteiger charge is 2.13. The third-order valence-corrected chi connectivity index (χ3v) is 3.95. The molecular formula is C16H17N3OS. The fourth-order valence-electron chi connectivity index (χ4n) is 1.94. The molecule has 3 N–H and O–H groups in total. The van der Waals surface area contributed by atoms with Crippen molar-refractivity contribution in [3.8, 4) is 11.8 Å². The lowest BCUT2D eigenvalue weighted by molar-refractivity contribution is 0.102. The van der Waals surface area contributed by atoms with Gasteiger partial charge in [0.15, 0.2) is 0 Å². The molecular weight excluding hydrogens is 282 g/mol. The first kappa shape index (κ1) is 15.2. The zero-order valence-corrected chi connectivity index (χ0v) is 12.9. The Bertz CT molecular complexity index is 710. The Balaban J connectivity index is 2.24. The van der Waals surface area contributed by atoms with E-state index in [1.54, 1.807) is 5.51 Å². The molecule has 4 nitrogen and oxygen atoms in total. The quantitative estimate of drug-likeness (QED) is 0.856. The smallest absolute Gasteiger partial charge is 0.267 e. The van der Waals surface area contributed by atoms with Gasteiger partial charge in [-0.3, -0.25) is 4.79 Å². The van der Waals surface area contributed by atoms with Crippen molar-refractivity contribution in [1.29, 1.82) is 0 Å². The zero-order chi connectivity index (χ0) is 15.2. The molecule has 2 aromatic rings. The molecule has 0 bridgehead atoms. The van der Waals surface area contributed by atoms with Gasteiger partial charge in [-0.15, -0.1) is 11.3 Å². The van der Waals surface area contributed by atoms with Crippen LogP contribution in [0.2, 0.25) is 0 Å². The number of aryl methyl sites for hydroxylation is 2. The Kier molecular flexibility index (Phi) is 5.09. The number of nitrogens with two attached hydrogens (primary N) is 1. The van der Waals surface area contributed by atoms with Gasteiger partial charge in [0.05, 0.1) is 17.7 Å². The van der Waals surface area contributed by atoms with Gasteiger partial charge < -0.3 is 11.1 Å². The fraction of sp³-hybridized carbons (Fsp3) is 0.250. The molecule has 0 spiro atoms. The van der Waals surface area contributed by atoms with Crippen molar-refractivity contribution in [3.05, 3.63) is 45.4 Å². The molecule has 5 heteroatoms. The molecule has 1 aromatic carbocycles. The fourth-order valence-corrected chi connectivity index (χ4v) is 2.64. The number of carbonyl (C=O) groups excluding carboxylic acids is 1. The van der Waals surface area contributed by atoms with E-state index in [-0.39, 0.29) is 5.91 Å². The van der Waals surface area contributed by atoms with E-state index in [1.807, 2.05) is 32.0 Å². The molecule has 1 amide bonds. The van der Waals surface area contributed by atoms with Gasteiger partial charge in [0.25, 0.3) is 5.91 Å². The molecule has 0 aliphatic carbocycles. The van der Waals surface area contributed by atoms with Crippen molar-refractivity contribution < 1.29 is 4.79 Å². The predicted molar refractivity (Wildman–Crippen MR) is 86.6 cm³/mol. The van der Waals surface area contributed by atoms with Crippen molar-refractivity contribution in [1.82, 2.24) is 4.98 Å². The van der Waals surface area contributed by atoms with E-state index in [2.05, 4.69) is 22.1 Å². The largest absolute Gasteiger partial charge is 0.321 e. The minimum atomic E-state index is -0.120. The Morgan fingerprint density at radius 1 is 1.48 bits per heavy atom. The summed E-state index contributed by atoms with van der Waals surface area (Å²) >= 11 is 1.35. The van der Waals surface area contributed by atoms with Crippen molar-refractivity contribution in [2.75, 3.05) is 11.9 Å². The summed E-state index contributed by atoms with van der Waals surface area (Å²) in [5, 5.41) is 2.95. The van der Waals surface area contributed by atoms with Crippen molar-refractivity contribution in [3.63, 3.8) is 0 Å². The number of carbonyl (C=O) groups is 1. The second-order valence-corrected chi connectivity index (χ2v) is 5.31. The first-order chi connectivity index (χ1) is 10.2. The second-order valence-electron chi connectivity index (χ2n) is 4.45. The number of hydrogen-bond acceptors (Lipinski definition) is 4. The van der Waals surface area contributed by atoms with Crippen LogP contribution in [0.4, 0.5) is 5.69 Å². The highest BCUT2D eigenvalue weighted by Crippen LogP contribution is 2.21. The maximum absolute atomic E-state index is 12.2. The second kappa shape index (κ2) is 7.02. The van der Waals surface area contributed by atoms with E-state index < -0.39 is 0 Å². The van der Waals surface area contributed by atoms with E-state index in [0.29, 0.717) is 11.4 Å². The highest BCUT2D eigenvalue weighted by molar-refractivity contribution is 7.12. The first-order valence-corrected chi connectivity index (χ1v) is 7.57. The lowest BCUT2D eigenvalue weighted by Crippen LogP contribution is -2.13. The van der Waals surface area contributed by atoms with Crippen LogP contribution in [0, 0.1) is 18.8 Å². The lowest BCUT2D eigenvalue weighted by Gasteiger charge is -2.10. The molecule has 2 rings (SSSR count). The summed E-state index contributed by atoms with van der Waals surface area (Å²) < 4.78 is 0. The Labute approximate surface area is 128 Å². The Hall–Kier alpha value is -2.16. The van der Waals surface area contributed by atoms with E-state index in [9.17, 15) is 4.79 Å². The van der Waals surface area contributed by atoms with Crippen LogP contribution < -0.4 is 11.1 Å². The average molecular weight is 299 g/mol. The predicted octanol–water partition coefficient (Wildman–Crippen LogP) is 2.58. The zero-order valence-electron chi connectivity index (χ0n) is 12.1. The molecule has 0 unspecified atom stereocenters. The maximum Gasteiger partial charge on any atom is 0.267 e. The van der Waals surface area contributed by atoms with Crippen LogP contribution in [0.1, 0.15) is 33.4 Å². The molecule has 108 valence electrons. The molecule has 0 aliphatic heterocycles. The summed E-state index contributed by atoms with van der Waals surface area (Å²) in [7, 11) is 0. The van der Waals surface area contributed by atoms with Gasteiger partial charge in [-0.1, -0.05) is 18.8 Å². The van der Waals surface area contributed by atoms with Gasteiger partial charge >= 0.3 is 0 Å². The minimum Gasteiger partial charge on any atom is -0.321 e. The summed E-state index contributed by atoms with van der Waals surface area (Å²) in [6.45, 7) is 4.21. The number of anilines is 1. The van der Waals surface area contributed by atoms with Gasteiger partial charge in [0.2, 0.25) is 0 Å². The number of nitrogens with one attached hydrogen (secondary N) is 1. The van der Waals surface area contributed by atoms with E-state index in [4.69, 9.17) is 5.73 Å². The summed E-state index contributed by atoms with van der Waals surface area (Å²) in [6.07, 6.45) is 0.815. The molecule has 1 aromatic heterocycles. The van der Waals surface area contributed by atoms with Crippen LogP contribution >= 0.6 is 11.3 Å². The monoisotopic (exact) mass is 299 g/mol. The number of amides is 1. The number of hydrogen-bond donors (Lipinski definition) is 2. The van der Waals surface area contributed by atoms with Crippen LogP contribution in [-0.4, -0.2) is 17.4 Å². The van der Waals surface area contributed by atoms with Gasteiger partial charge in [0.1, 0.15) is 4.88 Å². The molecule has 0 atom stereocenters. The first-order valence-electron chi connectivity index (χ1n) is 6.69. The van der Waals surface area contributed by atoms with Crippen molar-refractivity contribution in [2.24, 2.45) is 5.73 Å². The SMILES string of the molecule is CCc1cc(C#CCN)ccc1NC(=O)c1scnc1C. The summed E-state index contributed by atoms with van der Waals surface area (Å²) in [5.41, 5.74) is 10.6. The van der Waals surface area contributed by atoms with Crippen LogP contribution in [0.25, 0.3) is 0 Å². The summed E-state index contributed by atoms with van der Waals surface area (Å²) in [4.78, 5) is 17.0. The highest BCUT2D eigenvalue weighted by atomic mass is 32.1. The number of rotatable bonds is 3. The van der Waals surface area contributed by atoms with Crippen molar-refractivity contribution >= 4 is 22.9 Å². The van der Waals surface area contributed by atoms with Gasteiger partial charge in [-0.2, -0.15) is 0 Å². The van der Waals surface area contributed by atoms with Gasteiger partial charge in [-0.25, -0.2) is 4.98 Å². The summed E-state index contributed by atoms with van der Waals surface area (Å²) in [5.74, 6) is 5.71. The summed E-state index contributed by atoms with van der Waals surface area (Å²) in [6, 6.07) is 5.75. The minimum absolute atomic E-state index is 0.120. The van der Waals surface area contributed by atoms with Crippen molar-refractivity contribution in [2.45, 2.75) is 20.3 Å². The topological polar surface area (TPSA) is 68.0 Å². The molecule has 0 saturated carbocycles. The number of thiazole rings is 1. The maximum atomic E-state index is 12.2. The standard InChI is InChI=1S/C16H17N3OS/c1-3-13-9-12(5-4-8-17)6-7-14(13)19-16(20)15-11(2)18-10-21-15/h6-7,9-10H,3,8,17H2,1-2H3,(H,19,20). The van der Waals surface area contributed by atoms with E-state index in [0.717, 1.165) is 28.9 Å². The Morgan fingerprint density at radius 3 is 2.90 bits per heavy atom. The van der Waals surface area contributed by atoms with Gasteiger partial charge in [-0.05, 0) is 37.1 Å². The Morgan fingerprint density at radius 2 is 2.29 bits per heavy atom. The molecule has 0 radical (unpaired) electrons. The molecule has 0 fully saturated rings. The third-order valence-electron chi connectivity index (χ3n) is 3.02. The molecule has 0 aliphatic rings. The number of nitrogens with zero attached hydrogens (tertiary/aromatic N) is 1. The van der Waals surface area contributed by atoms with Crippen LogP contribution in [0.5, 0.6) is 0 Å². The van der Waals surface area contributed by atoms with Gasteiger partial charge in [0, 0.05) is 11.3 Å². The van der Waals surface area contributed by atoms with E-state index >= 15 is 0 Å².